The molecular weight excluding hydrogens is 340 g/mol. The predicted molar refractivity (Wildman–Crippen MR) is 96.2 cm³/mol. The van der Waals surface area contributed by atoms with E-state index in [1.54, 1.807) is 19.2 Å². The van der Waals surface area contributed by atoms with Crippen LogP contribution in [0, 0.1) is 11.8 Å². The SMILES string of the molecule is CO.COc1cc(N=O)cc(Sc2cccc(-c3[nH+]cc(C)o3)c2)c1. The molecule has 25 heavy (non-hydrogen) atoms. The van der Waals surface area contributed by atoms with Gasteiger partial charge < -0.3 is 14.3 Å². The molecule has 2 aromatic carbocycles. The summed E-state index contributed by atoms with van der Waals surface area (Å²) in [5.41, 5.74) is 1.30. The maximum absolute atomic E-state index is 10.8. The molecule has 0 radical (unpaired) electrons. The molecule has 130 valence electrons. The van der Waals surface area contributed by atoms with Crippen LogP contribution in [-0.4, -0.2) is 19.3 Å². The molecular formula is C18H19N2O4S+. The number of aromatic amines is 1. The Morgan fingerprint density at radius 1 is 1.16 bits per heavy atom. The maximum Gasteiger partial charge on any atom is 0.379 e. The molecule has 0 fully saturated rings. The molecule has 3 rings (SSSR count). The number of hydrogen-bond acceptors (Lipinski definition) is 6. The Morgan fingerprint density at radius 2 is 1.96 bits per heavy atom. The fraction of sp³-hybridized carbons (Fsp3) is 0.167. The van der Waals surface area contributed by atoms with Crippen molar-refractivity contribution in [3.05, 3.63) is 59.3 Å². The van der Waals surface area contributed by atoms with Gasteiger partial charge in [-0.05, 0) is 35.5 Å². The number of methoxy groups -OCH3 is 1. The van der Waals surface area contributed by atoms with Gasteiger partial charge in [-0.2, -0.15) is 4.98 Å². The Kier molecular flexibility index (Phi) is 6.73. The number of oxazole rings is 1. The molecule has 0 aliphatic heterocycles. The van der Waals surface area contributed by atoms with Crippen molar-refractivity contribution in [3.8, 4) is 17.2 Å². The molecule has 6 nitrogen and oxygen atoms in total. The lowest BCUT2D eigenvalue weighted by Crippen LogP contribution is -1.98. The zero-order chi connectivity index (χ0) is 18.2. The van der Waals surface area contributed by atoms with Crippen LogP contribution in [0.4, 0.5) is 5.69 Å². The van der Waals surface area contributed by atoms with Crippen LogP contribution in [0.5, 0.6) is 5.75 Å². The maximum atomic E-state index is 10.8. The van der Waals surface area contributed by atoms with E-state index in [9.17, 15) is 4.91 Å². The molecule has 2 N–H and O–H groups in total. The molecule has 0 saturated heterocycles. The molecule has 0 spiro atoms. The van der Waals surface area contributed by atoms with Gasteiger partial charge >= 0.3 is 5.89 Å². The van der Waals surface area contributed by atoms with Crippen molar-refractivity contribution in [1.82, 2.24) is 0 Å². The van der Waals surface area contributed by atoms with Crippen LogP contribution in [0.15, 0.2) is 68.0 Å². The average Bonchev–Trinajstić information content (AvgIpc) is 3.09. The second-order valence-electron chi connectivity index (χ2n) is 4.92. The number of aryl methyl sites for hydroxylation is 1. The van der Waals surface area contributed by atoms with Crippen molar-refractivity contribution in [2.75, 3.05) is 14.2 Å². The third-order valence-electron chi connectivity index (χ3n) is 3.21. The van der Waals surface area contributed by atoms with E-state index in [4.69, 9.17) is 14.3 Å². The molecule has 0 aliphatic rings. The largest absolute Gasteiger partial charge is 0.497 e. The first kappa shape index (κ1) is 18.7. The Morgan fingerprint density at radius 3 is 2.60 bits per heavy atom. The highest BCUT2D eigenvalue weighted by Gasteiger charge is 2.12. The van der Waals surface area contributed by atoms with Gasteiger partial charge in [-0.3, -0.25) is 0 Å². The summed E-state index contributed by atoms with van der Waals surface area (Å²) in [6.07, 6.45) is 1.82. The minimum atomic E-state index is 0.345. The summed E-state index contributed by atoms with van der Waals surface area (Å²) in [5.74, 6) is 2.15. The Bertz CT molecular complexity index is 849. The van der Waals surface area contributed by atoms with Crippen LogP contribution in [0.25, 0.3) is 11.5 Å². The van der Waals surface area contributed by atoms with Crippen molar-refractivity contribution in [3.63, 3.8) is 0 Å². The number of nitrogens with zero attached hydrogens (tertiary/aromatic N) is 1. The monoisotopic (exact) mass is 359 g/mol. The molecule has 3 aromatic rings. The normalized spacial score (nSPS) is 9.92. The van der Waals surface area contributed by atoms with Crippen LogP contribution < -0.4 is 9.72 Å². The number of rotatable bonds is 5. The van der Waals surface area contributed by atoms with Crippen LogP contribution in [0.3, 0.4) is 0 Å². The minimum Gasteiger partial charge on any atom is -0.497 e. The van der Waals surface area contributed by atoms with Gasteiger partial charge in [-0.1, -0.05) is 17.8 Å². The number of nitrogens with one attached hydrogen (secondary N) is 1. The summed E-state index contributed by atoms with van der Waals surface area (Å²) >= 11 is 1.53. The van der Waals surface area contributed by atoms with E-state index in [1.165, 1.54) is 11.8 Å². The smallest absolute Gasteiger partial charge is 0.379 e. The van der Waals surface area contributed by atoms with Crippen molar-refractivity contribution >= 4 is 17.4 Å². The number of nitroso groups, excluding NO2 is 1. The second-order valence-corrected chi connectivity index (χ2v) is 6.07. The first-order valence-corrected chi connectivity index (χ1v) is 8.23. The van der Waals surface area contributed by atoms with Crippen molar-refractivity contribution in [2.24, 2.45) is 5.18 Å². The average molecular weight is 359 g/mol. The highest BCUT2D eigenvalue weighted by Crippen LogP contribution is 2.35. The van der Waals surface area contributed by atoms with E-state index in [2.05, 4.69) is 10.2 Å². The van der Waals surface area contributed by atoms with Gasteiger partial charge in [0.15, 0.2) is 5.76 Å². The summed E-state index contributed by atoms with van der Waals surface area (Å²) in [6.45, 7) is 1.89. The highest BCUT2D eigenvalue weighted by molar-refractivity contribution is 7.99. The number of H-pyrrole nitrogens is 1. The molecule has 0 saturated carbocycles. The van der Waals surface area contributed by atoms with Gasteiger partial charge in [0, 0.05) is 29.9 Å². The summed E-state index contributed by atoms with van der Waals surface area (Å²) in [7, 11) is 2.56. The first-order valence-electron chi connectivity index (χ1n) is 7.41. The van der Waals surface area contributed by atoms with Gasteiger partial charge in [-0.15, -0.1) is 4.91 Å². The quantitative estimate of drug-likeness (QED) is 0.689. The van der Waals surface area contributed by atoms with E-state index in [-0.39, 0.29) is 0 Å². The highest BCUT2D eigenvalue weighted by atomic mass is 32.2. The van der Waals surface area contributed by atoms with Crippen molar-refractivity contribution in [2.45, 2.75) is 16.7 Å². The molecule has 1 aromatic heterocycles. The number of aliphatic hydroxyl groups excluding tert-OH is 1. The van der Waals surface area contributed by atoms with Crippen LogP contribution in [-0.2, 0) is 0 Å². The molecule has 0 atom stereocenters. The fourth-order valence-corrected chi connectivity index (χ4v) is 3.11. The van der Waals surface area contributed by atoms with Crippen LogP contribution in [0.1, 0.15) is 5.76 Å². The van der Waals surface area contributed by atoms with Gasteiger partial charge in [0.05, 0.1) is 12.7 Å². The summed E-state index contributed by atoms with van der Waals surface area (Å²) in [6, 6.07) is 13.2. The summed E-state index contributed by atoms with van der Waals surface area (Å²) in [5, 5.41) is 9.99. The molecule has 7 heteroatoms. The molecule has 1 heterocycles. The zero-order valence-corrected chi connectivity index (χ0v) is 15.0. The lowest BCUT2D eigenvalue weighted by Gasteiger charge is -2.06. The molecule has 0 amide bonds. The Labute approximate surface area is 149 Å². The zero-order valence-electron chi connectivity index (χ0n) is 14.1. The van der Waals surface area contributed by atoms with Crippen molar-refractivity contribution in [1.29, 1.82) is 0 Å². The number of aliphatic hydroxyl groups is 1. The van der Waals surface area contributed by atoms with E-state index in [1.807, 2.05) is 43.5 Å². The molecule has 0 bridgehead atoms. The first-order chi connectivity index (χ1) is 12.2. The summed E-state index contributed by atoms with van der Waals surface area (Å²) < 4.78 is 10.8. The number of ether oxygens (including phenoxy) is 1. The Hall–Kier alpha value is -2.64. The van der Waals surface area contributed by atoms with Crippen LogP contribution >= 0.6 is 11.8 Å². The van der Waals surface area contributed by atoms with Gasteiger partial charge in [0.25, 0.3) is 0 Å². The molecule has 0 aliphatic carbocycles. The number of hydrogen-bond donors (Lipinski definition) is 1. The lowest BCUT2D eigenvalue weighted by atomic mass is 10.2. The number of aromatic nitrogens is 1. The van der Waals surface area contributed by atoms with E-state index >= 15 is 0 Å². The Balaban J connectivity index is 0.00000109. The van der Waals surface area contributed by atoms with Crippen molar-refractivity contribution < 1.29 is 19.2 Å². The van der Waals surface area contributed by atoms with E-state index < -0.39 is 0 Å². The predicted octanol–water partition coefficient (Wildman–Crippen LogP) is 4.24. The molecule has 0 unspecified atom stereocenters. The minimum absolute atomic E-state index is 0.345. The standard InChI is InChI=1S/C17H14N2O3S.CH4O/c1-11-10-18-17(22-11)12-4-3-5-15(6-12)23-16-8-13(19-20)7-14(9-16)21-2;1-2/h3-10H,1-2H3;2H,1H3/p+1. The third kappa shape index (κ3) is 4.91. The van der Waals surface area contributed by atoms with E-state index in [0.717, 1.165) is 28.2 Å². The lowest BCUT2D eigenvalue weighted by molar-refractivity contribution is -0.368. The summed E-state index contributed by atoms with van der Waals surface area (Å²) in [4.78, 5) is 15.8. The topological polar surface area (TPSA) is 86.2 Å². The fourth-order valence-electron chi connectivity index (χ4n) is 2.15. The third-order valence-corrected chi connectivity index (χ3v) is 4.17. The second kappa shape index (κ2) is 9.00. The van der Waals surface area contributed by atoms with Crippen LogP contribution in [0.2, 0.25) is 0 Å². The van der Waals surface area contributed by atoms with Gasteiger partial charge in [0.1, 0.15) is 11.4 Å². The van der Waals surface area contributed by atoms with Gasteiger partial charge in [0.2, 0.25) is 6.20 Å². The van der Waals surface area contributed by atoms with Gasteiger partial charge in [-0.25, -0.2) is 0 Å². The number of benzene rings is 2. The van der Waals surface area contributed by atoms with E-state index in [0.29, 0.717) is 17.3 Å².